The number of benzene rings is 2. The van der Waals surface area contributed by atoms with E-state index in [1.807, 2.05) is 47.0 Å². The highest BCUT2D eigenvalue weighted by Crippen LogP contribution is 2.25. The van der Waals surface area contributed by atoms with Gasteiger partial charge in [-0.2, -0.15) is 0 Å². The second-order valence-corrected chi connectivity index (χ2v) is 7.63. The van der Waals surface area contributed by atoms with Crippen LogP contribution in [0.5, 0.6) is 0 Å². The van der Waals surface area contributed by atoms with Crippen molar-refractivity contribution >= 4 is 10.9 Å². The van der Waals surface area contributed by atoms with E-state index in [1.165, 1.54) is 0 Å². The molecule has 2 aromatic carbocycles. The van der Waals surface area contributed by atoms with Crippen LogP contribution in [0.4, 0.5) is 0 Å². The van der Waals surface area contributed by atoms with Gasteiger partial charge in [-0.3, -0.25) is 14.3 Å². The lowest BCUT2D eigenvalue weighted by molar-refractivity contribution is 0.103. The lowest BCUT2D eigenvalue weighted by Crippen LogP contribution is -2.47. The molecular weight excluding hydrogens is 348 g/mol. The highest BCUT2D eigenvalue weighted by Gasteiger charge is 2.27. The van der Waals surface area contributed by atoms with Gasteiger partial charge in [0, 0.05) is 26.2 Å². The molecule has 0 bridgehead atoms. The molecule has 5 nitrogen and oxygen atoms in total. The lowest BCUT2D eigenvalue weighted by atomic mass is 10.1. The third-order valence-electron chi connectivity index (χ3n) is 5.74. The maximum Gasteiger partial charge on any atom is 0.261 e. The predicted molar refractivity (Wildman–Crippen MR) is 114 cm³/mol. The van der Waals surface area contributed by atoms with Crippen LogP contribution in [0.3, 0.4) is 0 Å². The number of piperazine rings is 1. The first kappa shape index (κ1) is 18.8. The summed E-state index contributed by atoms with van der Waals surface area (Å²) in [6.45, 7) is 6.85. The Morgan fingerprint density at radius 2 is 1.64 bits per heavy atom. The number of nitrogens with zero attached hydrogens (tertiary/aromatic N) is 4. The normalized spacial score (nSPS) is 17.1. The molecule has 1 unspecified atom stereocenters. The molecule has 0 saturated carbocycles. The molecule has 1 saturated heterocycles. The zero-order valence-corrected chi connectivity index (χ0v) is 16.7. The van der Waals surface area contributed by atoms with Gasteiger partial charge in [-0.25, -0.2) is 4.98 Å². The van der Waals surface area contributed by atoms with E-state index in [1.54, 1.807) is 0 Å². The molecule has 0 radical (unpaired) electrons. The van der Waals surface area contributed by atoms with Crippen LogP contribution in [0, 0.1) is 0 Å². The number of aromatic nitrogens is 2. The van der Waals surface area contributed by atoms with Gasteiger partial charge in [-0.05, 0) is 31.2 Å². The van der Waals surface area contributed by atoms with Crippen molar-refractivity contribution in [3.05, 3.63) is 76.3 Å². The van der Waals surface area contributed by atoms with Gasteiger partial charge in [0.2, 0.25) is 0 Å². The predicted octanol–water partition coefficient (Wildman–Crippen LogP) is 3.14. The molecule has 1 aromatic heterocycles. The van der Waals surface area contributed by atoms with Crippen LogP contribution in [0.25, 0.3) is 10.9 Å². The van der Waals surface area contributed by atoms with Crippen molar-refractivity contribution in [3.63, 3.8) is 0 Å². The van der Waals surface area contributed by atoms with Crippen molar-refractivity contribution in [2.24, 2.45) is 0 Å². The topological polar surface area (TPSA) is 41.4 Å². The number of hydrogen-bond donors (Lipinski definition) is 0. The summed E-state index contributed by atoms with van der Waals surface area (Å²) in [7, 11) is 2.16. The van der Waals surface area contributed by atoms with Gasteiger partial charge < -0.3 is 4.90 Å². The first-order valence-electron chi connectivity index (χ1n) is 10.1. The fraction of sp³-hybridized carbons (Fsp3) is 0.391. The average molecular weight is 377 g/mol. The third kappa shape index (κ3) is 3.73. The maximum atomic E-state index is 13.4. The van der Waals surface area contributed by atoms with Crippen LogP contribution >= 0.6 is 0 Å². The monoisotopic (exact) mass is 376 g/mol. The van der Waals surface area contributed by atoms with Gasteiger partial charge in [0.15, 0.2) is 0 Å². The number of likely N-dealkylation sites (N-methyl/N-ethyl adjacent to an activating group) is 1. The first-order chi connectivity index (χ1) is 13.7. The van der Waals surface area contributed by atoms with Crippen LogP contribution in [0.2, 0.25) is 0 Å². The van der Waals surface area contributed by atoms with E-state index in [4.69, 9.17) is 4.98 Å². The van der Waals surface area contributed by atoms with Crippen molar-refractivity contribution in [2.45, 2.75) is 25.9 Å². The molecule has 146 valence electrons. The largest absolute Gasteiger partial charge is 0.304 e. The van der Waals surface area contributed by atoms with Gasteiger partial charge in [0.25, 0.3) is 5.56 Å². The maximum absolute atomic E-state index is 13.4. The third-order valence-corrected chi connectivity index (χ3v) is 5.74. The van der Waals surface area contributed by atoms with Gasteiger partial charge in [0.1, 0.15) is 5.82 Å². The quantitative estimate of drug-likeness (QED) is 0.686. The van der Waals surface area contributed by atoms with E-state index in [0.717, 1.165) is 49.5 Å². The van der Waals surface area contributed by atoms with Crippen molar-refractivity contribution in [2.75, 3.05) is 33.2 Å². The van der Waals surface area contributed by atoms with Crippen molar-refractivity contribution < 1.29 is 0 Å². The Bertz CT molecular complexity index is 990. The molecule has 0 aliphatic carbocycles. The van der Waals surface area contributed by atoms with Gasteiger partial charge >= 0.3 is 0 Å². The Morgan fingerprint density at radius 1 is 0.964 bits per heavy atom. The first-order valence-corrected chi connectivity index (χ1v) is 10.1. The van der Waals surface area contributed by atoms with Crippen LogP contribution < -0.4 is 5.56 Å². The molecule has 1 atom stereocenters. The second-order valence-electron chi connectivity index (χ2n) is 7.63. The van der Waals surface area contributed by atoms with Gasteiger partial charge in [-0.15, -0.1) is 0 Å². The summed E-state index contributed by atoms with van der Waals surface area (Å²) in [5, 5.41) is 0.690. The Morgan fingerprint density at radius 3 is 2.36 bits per heavy atom. The molecule has 5 heteroatoms. The van der Waals surface area contributed by atoms with Gasteiger partial charge in [-0.1, -0.05) is 49.4 Å². The smallest absolute Gasteiger partial charge is 0.261 e. The Balaban J connectivity index is 1.82. The Hall–Kier alpha value is -2.50. The lowest BCUT2D eigenvalue weighted by Gasteiger charge is -2.38. The number of hydrogen-bond acceptors (Lipinski definition) is 4. The summed E-state index contributed by atoms with van der Waals surface area (Å²) < 4.78 is 1.89. The Labute approximate surface area is 166 Å². The molecule has 0 N–H and O–H groups in total. The van der Waals surface area contributed by atoms with Crippen LogP contribution in [0.1, 0.15) is 30.8 Å². The Kier molecular flexibility index (Phi) is 5.55. The minimum absolute atomic E-state index is 0.0528. The summed E-state index contributed by atoms with van der Waals surface area (Å²) >= 11 is 0. The van der Waals surface area contributed by atoms with Crippen molar-refractivity contribution in [1.29, 1.82) is 0 Å². The number of rotatable bonds is 5. The fourth-order valence-electron chi connectivity index (χ4n) is 4.10. The molecule has 1 aliphatic heterocycles. The SMILES string of the molecule is CCC(c1nc2ccccc2c(=O)n1Cc1ccccc1)N1CCN(C)CC1. The zero-order chi connectivity index (χ0) is 19.5. The molecule has 3 aromatic rings. The van der Waals surface area contributed by atoms with Crippen LogP contribution in [-0.2, 0) is 6.54 Å². The van der Waals surface area contributed by atoms with E-state index < -0.39 is 0 Å². The molecule has 0 spiro atoms. The zero-order valence-electron chi connectivity index (χ0n) is 16.7. The summed E-state index contributed by atoms with van der Waals surface area (Å²) in [6.07, 6.45) is 0.934. The van der Waals surface area contributed by atoms with Crippen molar-refractivity contribution in [1.82, 2.24) is 19.4 Å². The number of para-hydroxylation sites is 1. The number of fused-ring (bicyclic) bond motifs is 1. The second kappa shape index (κ2) is 8.25. The van der Waals surface area contributed by atoms with E-state index in [2.05, 4.69) is 35.9 Å². The van der Waals surface area contributed by atoms with Gasteiger partial charge in [0.05, 0.1) is 23.5 Å². The molecule has 1 aliphatic rings. The summed E-state index contributed by atoms with van der Waals surface area (Å²) in [6, 6.07) is 18.0. The molecule has 0 amide bonds. The average Bonchev–Trinajstić information content (AvgIpc) is 2.73. The van der Waals surface area contributed by atoms with Crippen molar-refractivity contribution in [3.8, 4) is 0 Å². The highest BCUT2D eigenvalue weighted by atomic mass is 16.1. The molecule has 28 heavy (non-hydrogen) atoms. The fourth-order valence-corrected chi connectivity index (χ4v) is 4.10. The molecule has 4 rings (SSSR count). The summed E-state index contributed by atoms with van der Waals surface area (Å²) in [5.41, 5.74) is 1.97. The van der Waals surface area contributed by atoms with Crippen LogP contribution in [0.15, 0.2) is 59.4 Å². The summed E-state index contributed by atoms with van der Waals surface area (Å²) in [5.74, 6) is 0.889. The molecule has 2 heterocycles. The molecular formula is C23H28N4O. The van der Waals surface area contributed by atoms with E-state index >= 15 is 0 Å². The van der Waals surface area contributed by atoms with E-state index in [-0.39, 0.29) is 11.6 Å². The van der Waals surface area contributed by atoms with E-state index in [9.17, 15) is 4.79 Å². The van der Waals surface area contributed by atoms with Crippen LogP contribution in [-0.4, -0.2) is 52.6 Å². The minimum atomic E-state index is 0.0528. The summed E-state index contributed by atoms with van der Waals surface area (Å²) in [4.78, 5) is 23.2. The van der Waals surface area contributed by atoms with E-state index in [0.29, 0.717) is 11.9 Å². The minimum Gasteiger partial charge on any atom is -0.304 e. The standard InChI is InChI=1S/C23H28N4O/c1-3-21(26-15-13-25(2)14-16-26)22-24-20-12-8-7-11-19(20)23(28)27(22)17-18-9-5-4-6-10-18/h4-12,21H,3,13-17H2,1-2H3. The highest BCUT2D eigenvalue weighted by molar-refractivity contribution is 5.77. The molecule has 1 fully saturated rings.